The molecule has 18 heavy (non-hydrogen) atoms. The highest BCUT2D eigenvalue weighted by Crippen LogP contribution is 2.21. The van der Waals surface area contributed by atoms with Crippen LogP contribution in [0.15, 0.2) is 30.5 Å². The molecular formula is C14H15NO3. The Bertz CT molecular complexity index is 584. The van der Waals surface area contributed by atoms with E-state index in [0.717, 1.165) is 16.5 Å². The summed E-state index contributed by atoms with van der Waals surface area (Å²) < 4.78 is 4.73. The van der Waals surface area contributed by atoms with Crippen LogP contribution in [0.4, 0.5) is 0 Å². The molecule has 0 spiro atoms. The number of aliphatic hydroxyl groups excluding tert-OH is 1. The molecule has 0 unspecified atom stereocenters. The molecule has 2 N–H and O–H groups in total. The van der Waals surface area contributed by atoms with Crippen LogP contribution in [0, 0.1) is 0 Å². The number of esters is 1. The van der Waals surface area contributed by atoms with Crippen LogP contribution in [-0.2, 0) is 4.74 Å². The van der Waals surface area contributed by atoms with Crippen molar-refractivity contribution in [2.24, 2.45) is 0 Å². The molecule has 0 saturated carbocycles. The van der Waals surface area contributed by atoms with E-state index in [4.69, 9.17) is 9.84 Å². The number of carbonyl (C=O) groups is 1. The van der Waals surface area contributed by atoms with Crippen molar-refractivity contribution in [2.45, 2.75) is 6.42 Å². The summed E-state index contributed by atoms with van der Waals surface area (Å²) in [7, 11) is 1.37. The highest BCUT2D eigenvalue weighted by Gasteiger charge is 2.11. The number of hydrogen-bond acceptors (Lipinski definition) is 3. The van der Waals surface area contributed by atoms with Crippen LogP contribution < -0.4 is 0 Å². The molecule has 0 aliphatic rings. The minimum absolute atomic E-state index is 0.135. The summed E-state index contributed by atoms with van der Waals surface area (Å²) in [6.07, 6.45) is 6.09. The second-order valence-electron chi connectivity index (χ2n) is 3.91. The number of aromatic amines is 1. The minimum Gasteiger partial charge on any atom is -0.465 e. The lowest BCUT2D eigenvalue weighted by Crippen LogP contribution is -1.99. The largest absolute Gasteiger partial charge is 0.465 e. The van der Waals surface area contributed by atoms with E-state index in [1.54, 1.807) is 6.20 Å². The second-order valence-corrected chi connectivity index (χ2v) is 3.91. The van der Waals surface area contributed by atoms with Gasteiger partial charge in [0.05, 0.1) is 12.7 Å². The number of methoxy groups -OCH3 is 1. The lowest BCUT2D eigenvalue weighted by molar-refractivity contribution is 0.0603. The molecule has 2 aromatic rings. The summed E-state index contributed by atoms with van der Waals surface area (Å²) in [6, 6.07) is 5.79. The number of fused-ring (bicyclic) bond motifs is 1. The Kier molecular flexibility index (Phi) is 3.79. The van der Waals surface area contributed by atoms with Crippen LogP contribution in [0.25, 0.3) is 17.0 Å². The molecule has 1 aromatic heterocycles. The molecular weight excluding hydrogens is 230 g/mol. The Hall–Kier alpha value is -2.07. The standard InChI is InChI=1S/C14H15NO3/c1-18-14(17)12-9-15-13-6-5-10(8-11(12)13)4-2-3-7-16/h2,4-6,8-9,15-16H,3,7H2,1H3. The SMILES string of the molecule is COC(=O)c1c[nH]c2ccc(C=CCCO)cc12. The van der Waals surface area contributed by atoms with E-state index in [1.165, 1.54) is 7.11 Å². The molecule has 0 aliphatic carbocycles. The molecule has 0 atom stereocenters. The van der Waals surface area contributed by atoms with Gasteiger partial charge in [-0.1, -0.05) is 18.2 Å². The van der Waals surface area contributed by atoms with Crippen molar-refractivity contribution in [3.8, 4) is 0 Å². The maximum absolute atomic E-state index is 11.6. The number of benzene rings is 1. The van der Waals surface area contributed by atoms with Gasteiger partial charge in [-0.2, -0.15) is 0 Å². The average molecular weight is 245 g/mol. The van der Waals surface area contributed by atoms with Gasteiger partial charge >= 0.3 is 5.97 Å². The molecule has 4 heteroatoms. The van der Waals surface area contributed by atoms with Gasteiger partial charge in [-0.05, 0) is 24.1 Å². The van der Waals surface area contributed by atoms with Crippen molar-refractivity contribution in [3.63, 3.8) is 0 Å². The van der Waals surface area contributed by atoms with Gasteiger partial charge in [-0.15, -0.1) is 0 Å². The van der Waals surface area contributed by atoms with Crippen molar-refractivity contribution in [1.29, 1.82) is 0 Å². The third-order valence-electron chi connectivity index (χ3n) is 2.72. The van der Waals surface area contributed by atoms with Crippen LogP contribution >= 0.6 is 0 Å². The third-order valence-corrected chi connectivity index (χ3v) is 2.72. The normalized spacial score (nSPS) is 11.2. The molecule has 0 saturated heterocycles. The monoisotopic (exact) mass is 245 g/mol. The Morgan fingerprint density at radius 1 is 1.50 bits per heavy atom. The summed E-state index contributed by atoms with van der Waals surface area (Å²) >= 11 is 0. The van der Waals surface area contributed by atoms with Crippen LogP contribution in [0.3, 0.4) is 0 Å². The molecule has 94 valence electrons. The van der Waals surface area contributed by atoms with E-state index in [9.17, 15) is 4.79 Å². The van der Waals surface area contributed by atoms with Crippen molar-refractivity contribution in [1.82, 2.24) is 4.98 Å². The predicted octanol–water partition coefficient (Wildman–Crippen LogP) is 2.35. The summed E-state index contributed by atoms with van der Waals surface area (Å²) in [5.41, 5.74) is 2.42. The Morgan fingerprint density at radius 3 is 3.06 bits per heavy atom. The zero-order valence-electron chi connectivity index (χ0n) is 10.1. The molecule has 1 heterocycles. The van der Waals surface area contributed by atoms with E-state index >= 15 is 0 Å². The summed E-state index contributed by atoms with van der Waals surface area (Å²) in [5.74, 6) is -0.349. The lowest BCUT2D eigenvalue weighted by atomic mass is 10.1. The first-order valence-corrected chi connectivity index (χ1v) is 5.73. The number of aliphatic hydroxyl groups is 1. The van der Waals surface area contributed by atoms with Crippen molar-refractivity contribution >= 4 is 22.9 Å². The van der Waals surface area contributed by atoms with Gasteiger partial charge < -0.3 is 14.8 Å². The number of hydrogen-bond donors (Lipinski definition) is 2. The average Bonchev–Trinajstić information content (AvgIpc) is 2.81. The van der Waals surface area contributed by atoms with Gasteiger partial charge in [-0.25, -0.2) is 4.79 Å². The summed E-state index contributed by atoms with van der Waals surface area (Å²) in [4.78, 5) is 14.6. The molecule has 0 amide bonds. The number of ether oxygens (including phenoxy) is 1. The third kappa shape index (κ3) is 2.43. The molecule has 2 rings (SSSR count). The first-order chi connectivity index (χ1) is 8.76. The van der Waals surface area contributed by atoms with E-state index in [0.29, 0.717) is 12.0 Å². The molecule has 0 fully saturated rings. The highest BCUT2D eigenvalue weighted by atomic mass is 16.5. The summed E-state index contributed by atoms with van der Waals surface area (Å²) in [6.45, 7) is 0.135. The topological polar surface area (TPSA) is 62.3 Å². The van der Waals surface area contributed by atoms with Gasteiger partial charge in [0.2, 0.25) is 0 Å². The fourth-order valence-electron chi connectivity index (χ4n) is 1.81. The maximum atomic E-state index is 11.6. The van der Waals surface area contributed by atoms with Gasteiger partial charge in [0.1, 0.15) is 0 Å². The van der Waals surface area contributed by atoms with Gasteiger partial charge in [0.25, 0.3) is 0 Å². The summed E-state index contributed by atoms with van der Waals surface area (Å²) in [5, 5.41) is 9.56. The van der Waals surface area contributed by atoms with Crippen molar-refractivity contribution in [2.75, 3.05) is 13.7 Å². The minimum atomic E-state index is -0.349. The molecule has 1 aromatic carbocycles. The maximum Gasteiger partial charge on any atom is 0.340 e. The van der Waals surface area contributed by atoms with E-state index < -0.39 is 0 Å². The number of H-pyrrole nitrogens is 1. The van der Waals surface area contributed by atoms with Crippen LogP contribution in [0.1, 0.15) is 22.3 Å². The van der Waals surface area contributed by atoms with Crippen LogP contribution in [0.2, 0.25) is 0 Å². The lowest BCUT2D eigenvalue weighted by Gasteiger charge is -1.98. The van der Waals surface area contributed by atoms with Gasteiger partial charge in [0, 0.05) is 23.7 Å². The van der Waals surface area contributed by atoms with Gasteiger partial charge in [0.15, 0.2) is 0 Å². The van der Waals surface area contributed by atoms with Crippen molar-refractivity contribution in [3.05, 3.63) is 41.6 Å². The first kappa shape index (κ1) is 12.4. The quantitative estimate of drug-likeness (QED) is 0.813. The van der Waals surface area contributed by atoms with Crippen LogP contribution in [0.5, 0.6) is 0 Å². The van der Waals surface area contributed by atoms with Crippen LogP contribution in [-0.4, -0.2) is 29.8 Å². The molecule has 4 nitrogen and oxygen atoms in total. The number of rotatable bonds is 4. The molecule has 0 radical (unpaired) electrons. The number of carbonyl (C=O) groups excluding carboxylic acids is 1. The fraction of sp³-hybridized carbons (Fsp3) is 0.214. The zero-order chi connectivity index (χ0) is 13.0. The Morgan fingerprint density at radius 2 is 2.33 bits per heavy atom. The Balaban J connectivity index is 2.39. The van der Waals surface area contributed by atoms with E-state index in [-0.39, 0.29) is 12.6 Å². The second kappa shape index (κ2) is 5.51. The van der Waals surface area contributed by atoms with Gasteiger partial charge in [-0.3, -0.25) is 0 Å². The number of aromatic nitrogens is 1. The zero-order valence-corrected chi connectivity index (χ0v) is 10.1. The molecule has 0 bridgehead atoms. The van der Waals surface area contributed by atoms with Crippen molar-refractivity contribution < 1.29 is 14.6 Å². The molecule has 0 aliphatic heterocycles. The number of nitrogens with one attached hydrogen (secondary N) is 1. The van der Waals surface area contributed by atoms with E-state index in [1.807, 2.05) is 30.4 Å². The fourth-order valence-corrected chi connectivity index (χ4v) is 1.81. The Labute approximate surface area is 105 Å². The van der Waals surface area contributed by atoms with E-state index in [2.05, 4.69) is 4.98 Å². The highest BCUT2D eigenvalue weighted by molar-refractivity contribution is 6.04. The smallest absolute Gasteiger partial charge is 0.340 e. The first-order valence-electron chi connectivity index (χ1n) is 5.73. The predicted molar refractivity (Wildman–Crippen MR) is 70.4 cm³/mol.